The Balaban J connectivity index is 1.52. The van der Waals surface area contributed by atoms with E-state index in [1.807, 2.05) is 25.1 Å². The SMILES string of the molecule is CC(Cc1cnn(C)c1)N1C(=O)C2CC3CCCCC3N2C1=O. The Morgan fingerprint density at radius 2 is 2.09 bits per heavy atom. The second-order valence-corrected chi connectivity index (χ2v) is 7.34. The van der Waals surface area contributed by atoms with E-state index in [0.717, 1.165) is 18.4 Å². The molecular formula is C17H24N4O2. The van der Waals surface area contributed by atoms with Gasteiger partial charge >= 0.3 is 6.03 Å². The van der Waals surface area contributed by atoms with Crippen LogP contribution in [0.3, 0.4) is 0 Å². The maximum Gasteiger partial charge on any atom is 0.327 e. The van der Waals surface area contributed by atoms with Crippen LogP contribution in [0.2, 0.25) is 0 Å². The van der Waals surface area contributed by atoms with Gasteiger partial charge in [0.1, 0.15) is 6.04 Å². The van der Waals surface area contributed by atoms with Crippen LogP contribution < -0.4 is 0 Å². The molecular weight excluding hydrogens is 292 g/mol. The number of nitrogens with zero attached hydrogens (tertiary/aromatic N) is 4. The molecule has 6 nitrogen and oxygen atoms in total. The molecule has 0 radical (unpaired) electrons. The average molecular weight is 316 g/mol. The smallest absolute Gasteiger partial charge is 0.309 e. The molecule has 2 saturated heterocycles. The first-order chi connectivity index (χ1) is 11.1. The summed E-state index contributed by atoms with van der Waals surface area (Å²) in [7, 11) is 1.87. The first-order valence-electron chi connectivity index (χ1n) is 8.69. The van der Waals surface area contributed by atoms with Crippen molar-refractivity contribution in [2.24, 2.45) is 13.0 Å². The lowest BCUT2D eigenvalue weighted by atomic mass is 9.84. The van der Waals surface area contributed by atoms with Crippen molar-refractivity contribution in [2.75, 3.05) is 0 Å². The summed E-state index contributed by atoms with van der Waals surface area (Å²) in [6.07, 6.45) is 9.93. The molecule has 4 rings (SSSR count). The zero-order valence-electron chi connectivity index (χ0n) is 13.8. The summed E-state index contributed by atoms with van der Waals surface area (Å²) in [5.74, 6) is 0.554. The molecule has 2 aliphatic heterocycles. The Hall–Kier alpha value is -1.85. The van der Waals surface area contributed by atoms with E-state index in [1.54, 1.807) is 10.9 Å². The molecule has 0 bridgehead atoms. The van der Waals surface area contributed by atoms with E-state index in [0.29, 0.717) is 18.4 Å². The molecule has 1 aliphatic carbocycles. The summed E-state index contributed by atoms with van der Waals surface area (Å²) < 4.78 is 1.75. The van der Waals surface area contributed by atoms with Crippen molar-refractivity contribution in [3.63, 3.8) is 0 Å². The van der Waals surface area contributed by atoms with Gasteiger partial charge in [0.2, 0.25) is 0 Å². The lowest BCUT2D eigenvalue weighted by Crippen LogP contribution is -2.44. The number of carbonyl (C=O) groups is 2. The predicted molar refractivity (Wildman–Crippen MR) is 84.6 cm³/mol. The van der Waals surface area contributed by atoms with Gasteiger partial charge in [0.15, 0.2) is 0 Å². The summed E-state index contributed by atoms with van der Waals surface area (Å²) in [6.45, 7) is 1.96. The van der Waals surface area contributed by atoms with Crippen molar-refractivity contribution < 1.29 is 9.59 Å². The average Bonchev–Trinajstić information content (AvgIpc) is 3.16. The van der Waals surface area contributed by atoms with E-state index >= 15 is 0 Å². The first-order valence-corrected chi connectivity index (χ1v) is 8.69. The topological polar surface area (TPSA) is 58.4 Å². The highest BCUT2D eigenvalue weighted by Crippen LogP contribution is 2.43. The highest BCUT2D eigenvalue weighted by atomic mass is 16.2. The normalized spacial score (nSPS) is 31.5. The van der Waals surface area contributed by atoms with E-state index in [2.05, 4.69) is 5.10 Å². The second-order valence-electron chi connectivity index (χ2n) is 7.34. The summed E-state index contributed by atoms with van der Waals surface area (Å²) >= 11 is 0. The van der Waals surface area contributed by atoms with Crippen LogP contribution in [-0.4, -0.2) is 49.6 Å². The number of aryl methyl sites for hydroxylation is 1. The summed E-state index contributed by atoms with van der Waals surface area (Å²) in [6, 6.07) is -0.0922. The number of hydrogen-bond acceptors (Lipinski definition) is 3. The Labute approximate surface area is 136 Å². The van der Waals surface area contributed by atoms with Crippen molar-refractivity contribution in [3.05, 3.63) is 18.0 Å². The molecule has 3 heterocycles. The number of carbonyl (C=O) groups excluding carboxylic acids is 2. The third kappa shape index (κ3) is 2.26. The minimum Gasteiger partial charge on any atom is -0.309 e. The van der Waals surface area contributed by atoms with E-state index in [1.165, 1.54) is 24.2 Å². The fraction of sp³-hybridized carbons (Fsp3) is 0.706. The van der Waals surface area contributed by atoms with Gasteiger partial charge in [0, 0.05) is 25.3 Å². The Morgan fingerprint density at radius 1 is 1.30 bits per heavy atom. The molecule has 0 aromatic carbocycles. The van der Waals surface area contributed by atoms with Crippen molar-refractivity contribution in [1.82, 2.24) is 19.6 Å². The number of fused-ring (bicyclic) bond motifs is 3. The summed E-state index contributed by atoms with van der Waals surface area (Å²) in [5, 5.41) is 4.16. The van der Waals surface area contributed by atoms with Gasteiger partial charge in [-0.25, -0.2) is 4.79 Å². The molecule has 0 spiro atoms. The first kappa shape index (κ1) is 14.7. The van der Waals surface area contributed by atoms with Crippen molar-refractivity contribution in [1.29, 1.82) is 0 Å². The maximum absolute atomic E-state index is 12.9. The maximum atomic E-state index is 12.9. The minimum atomic E-state index is -0.202. The monoisotopic (exact) mass is 316 g/mol. The molecule has 124 valence electrons. The molecule has 3 fully saturated rings. The number of rotatable bonds is 3. The van der Waals surface area contributed by atoms with Crippen LogP contribution in [0.1, 0.15) is 44.6 Å². The fourth-order valence-electron chi connectivity index (χ4n) is 4.75. The molecule has 4 unspecified atom stereocenters. The molecule has 3 aliphatic rings. The second kappa shape index (κ2) is 5.35. The van der Waals surface area contributed by atoms with E-state index in [-0.39, 0.29) is 24.0 Å². The number of hydrogen-bond donors (Lipinski definition) is 0. The molecule has 1 aromatic rings. The van der Waals surface area contributed by atoms with Crippen LogP contribution >= 0.6 is 0 Å². The van der Waals surface area contributed by atoms with Crippen molar-refractivity contribution in [3.8, 4) is 0 Å². The summed E-state index contributed by atoms with van der Waals surface area (Å²) in [5.41, 5.74) is 1.06. The van der Waals surface area contributed by atoms with Crippen molar-refractivity contribution >= 4 is 11.9 Å². The zero-order chi connectivity index (χ0) is 16.1. The van der Waals surface area contributed by atoms with Crippen LogP contribution in [0.5, 0.6) is 0 Å². The number of aromatic nitrogens is 2. The van der Waals surface area contributed by atoms with Gasteiger partial charge in [-0.2, -0.15) is 5.10 Å². The standard InChI is InChI=1S/C17H24N4O2/c1-11(7-12-9-18-19(2)10-12)20-16(22)15-8-13-5-3-4-6-14(13)21(15)17(20)23/h9-11,13-15H,3-8H2,1-2H3. The van der Waals surface area contributed by atoms with E-state index in [9.17, 15) is 9.59 Å². The number of imide groups is 1. The summed E-state index contributed by atoms with van der Waals surface area (Å²) in [4.78, 5) is 29.1. The Bertz CT molecular complexity index is 640. The lowest BCUT2D eigenvalue weighted by molar-refractivity contribution is -0.129. The minimum absolute atomic E-state index is 0.0146. The number of amides is 3. The van der Waals surface area contributed by atoms with Gasteiger partial charge < -0.3 is 4.90 Å². The van der Waals surface area contributed by atoms with Gasteiger partial charge in [0.25, 0.3) is 5.91 Å². The predicted octanol–water partition coefficient (Wildman–Crippen LogP) is 1.95. The molecule has 23 heavy (non-hydrogen) atoms. The zero-order valence-corrected chi connectivity index (χ0v) is 13.8. The number of urea groups is 1. The van der Waals surface area contributed by atoms with Crippen LogP contribution in [0.4, 0.5) is 4.79 Å². The Kier molecular flexibility index (Phi) is 3.43. The van der Waals surface area contributed by atoms with Crippen molar-refractivity contribution in [2.45, 2.75) is 63.6 Å². The molecule has 3 amide bonds. The van der Waals surface area contributed by atoms with Crippen LogP contribution in [-0.2, 0) is 18.3 Å². The molecule has 1 saturated carbocycles. The highest BCUT2D eigenvalue weighted by molar-refractivity contribution is 6.05. The quantitative estimate of drug-likeness (QED) is 0.801. The van der Waals surface area contributed by atoms with E-state index in [4.69, 9.17) is 0 Å². The molecule has 6 heteroatoms. The highest BCUT2D eigenvalue weighted by Gasteiger charge is 2.56. The van der Waals surface area contributed by atoms with E-state index < -0.39 is 0 Å². The molecule has 1 aromatic heterocycles. The van der Waals surface area contributed by atoms with Gasteiger partial charge in [-0.3, -0.25) is 14.4 Å². The molecule has 0 N–H and O–H groups in total. The Morgan fingerprint density at radius 3 is 2.83 bits per heavy atom. The largest absolute Gasteiger partial charge is 0.327 e. The van der Waals surface area contributed by atoms with Crippen LogP contribution in [0, 0.1) is 5.92 Å². The third-order valence-corrected chi connectivity index (χ3v) is 5.77. The van der Waals surface area contributed by atoms with Gasteiger partial charge in [-0.1, -0.05) is 12.8 Å². The lowest BCUT2D eigenvalue weighted by Gasteiger charge is -2.32. The fourth-order valence-corrected chi connectivity index (χ4v) is 4.75. The van der Waals surface area contributed by atoms with Crippen LogP contribution in [0.15, 0.2) is 12.4 Å². The third-order valence-electron chi connectivity index (χ3n) is 5.77. The van der Waals surface area contributed by atoms with Crippen LogP contribution in [0.25, 0.3) is 0 Å². The van der Waals surface area contributed by atoms with Gasteiger partial charge in [-0.05, 0) is 44.1 Å². The van der Waals surface area contributed by atoms with Gasteiger partial charge in [-0.15, -0.1) is 0 Å². The molecule has 4 atom stereocenters. The van der Waals surface area contributed by atoms with Gasteiger partial charge in [0.05, 0.1) is 6.20 Å².